The average Bonchev–Trinajstić information content (AvgIpc) is 2.60. The maximum absolute atomic E-state index is 10.7. The first-order valence-corrected chi connectivity index (χ1v) is 11.2. The summed E-state index contributed by atoms with van der Waals surface area (Å²) >= 11 is 0. The molecule has 0 fully saturated rings. The fourth-order valence-corrected chi connectivity index (χ4v) is 3.48. The van der Waals surface area contributed by atoms with Gasteiger partial charge in [-0.2, -0.15) is 0 Å². The number of carboxylic acid groups (broad SMARTS) is 2. The van der Waals surface area contributed by atoms with Crippen molar-refractivity contribution in [2.75, 3.05) is 19.6 Å². The molecule has 164 valence electrons. The number of carbonyl (C=O) groups is 2. The van der Waals surface area contributed by atoms with Crippen LogP contribution in [-0.4, -0.2) is 106 Å². The number of carboxylic acids is 2. The molecule has 0 radical (unpaired) electrons. The topological polar surface area (TPSA) is 77.8 Å². The molecule has 29 heavy (non-hydrogen) atoms. The summed E-state index contributed by atoms with van der Waals surface area (Å²) in [5.74, 6) is -1.93. The molecule has 0 saturated heterocycles. The van der Waals surface area contributed by atoms with Gasteiger partial charge in [-0.25, -0.2) is 0 Å². The van der Waals surface area contributed by atoms with Crippen LogP contribution in [0.1, 0.15) is 110 Å². The van der Waals surface area contributed by atoms with E-state index in [9.17, 15) is 9.59 Å². The number of unbranched alkanes of at least 4 members (excludes halogenated alkanes) is 15. The van der Waals surface area contributed by atoms with Gasteiger partial charge < -0.3 is 10.2 Å². The molecule has 0 aliphatic heterocycles. The first-order valence-electron chi connectivity index (χ1n) is 11.2. The standard InChI is InChI=1S/C22H43NO4.2Na.2H/c1-2-3-4-5-6-7-8-9-10-11-12-13-14-15-16-17-18-23(19-21(24)25)20-22(26)27;;;;/h2-20H2,1H3,(H,24,25)(H,26,27);;;;. The molecular weight excluding hydrogens is 388 g/mol. The van der Waals surface area contributed by atoms with Crippen molar-refractivity contribution in [1.82, 2.24) is 4.90 Å². The number of hydrogen-bond acceptors (Lipinski definition) is 3. The van der Waals surface area contributed by atoms with Gasteiger partial charge in [0.2, 0.25) is 0 Å². The van der Waals surface area contributed by atoms with Crippen LogP contribution < -0.4 is 0 Å². The number of nitrogens with zero attached hydrogens (tertiary/aromatic N) is 1. The summed E-state index contributed by atoms with van der Waals surface area (Å²) in [5.41, 5.74) is 0. The molecule has 0 amide bonds. The number of hydrogen-bond donors (Lipinski definition) is 2. The van der Waals surface area contributed by atoms with Crippen molar-refractivity contribution in [1.29, 1.82) is 0 Å². The molecule has 0 unspecified atom stereocenters. The Morgan fingerprint density at radius 3 is 1.10 bits per heavy atom. The second-order valence-corrected chi connectivity index (χ2v) is 7.80. The Balaban J connectivity index is -0.00000338. The summed E-state index contributed by atoms with van der Waals surface area (Å²) in [4.78, 5) is 23.0. The van der Waals surface area contributed by atoms with E-state index in [0.717, 1.165) is 19.3 Å². The van der Waals surface area contributed by atoms with E-state index in [1.54, 1.807) is 0 Å². The molecule has 0 saturated carbocycles. The second kappa shape index (κ2) is 26.9. The van der Waals surface area contributed by atoms with Gasteiger partial charge in [-0.3, -0.25) is 14.5 Å². The molecule has 0 aromatic carbocycles. The molecule has 0 aliphatic carbocycles. The Hall–Kier alpha value is 0.900. The Morgan fingerprint density at radius 1 is 0.552 bits per heavy atom. The molecular formula is C22H45NNa2O4. The second-order valence-electron chi connectivity index (χ2n) is 7.80. The summed E-state index contributed by atoms with van der Waals surface area (Å²) in [6.07, 6.45) is 20.8. The molecule has 0 aromatic rings. The van der Waals surface area contributed by atoms with Gasteiger partial charge in [0.25, 0.3) is 0 Å². The molecule has 7 heteroatoms. The molecule has 2 N–H and O–H groups in total. The minimum atomic E-state index is -0.965. The first-order chi connectivity index (χ1) is 13.1. The quantitative estimate of drug-likeness (QED) is 0.207. The van der Waals surface area contributed by atoms with E-state index in [2.05, 4.69) is 6.92 Å². The Bertz CT molecular complexity index is 355. The summed E-state index contributed by atoms with van der Waals surface area (Å²) in [5, 5.41) is 17.6. The van der Waals surface area contributed by atoms with Crippen LogP contribution >= 0.6 is 0 Å². The molecule has 0 spiro atoms. The third-order valence-corrected chi connectivity index (χ3v) is 5.05. The van der Waals surface area contributed by atoms with Crippen LogP contribution in [0.4, 0.5) is 0 Å². The van der Waals surface area contributed by atoms with Crippen LogP contribution in [0, 0.1) is 0 Å². The van der Waals surface area contributed by atoms with E-state index in [1.165, 1.54) is 88.4 Å². The Morgan fingerprint density at radius 2 is 0.828 bits per heavy atom. The molecule has 0 bridgehead atoms. The van der Waals surface area contributed by atoms with Crippen LogP contribution in [-0.2, 0) is 9.59 Å². The molecule has 0 heterocycles. The van der Waals surface area contributed by atoms with Gasteiger partial charge in [0.1, 0.15) is 0 Å². The molecule has 0 aromatic heterocycles. The van der Waals surface area contributed by atoms with Crippen molar-refractivity contribution < 1.29 is 19.8 Å². The number of aliphatic carboxylic acids is 2. The fourth-order valence-electron chi connectivity index (χ4n) is 3.48. The third-order valence-electron chi connectivity index (χ3n) is 5.05. The van der Waals surface area contributed by atoms with E-state index in [0.29, 0.717) is 6.54 Å². The monoisotopic (exact) mass is 433 g/mol. The van der Waals surface area contributed by atoms with E-state index in [4.69, 9.17) is 10.2 Å². The van der Waals surface area contributed by atoms with Gasteiger partial charge in [0, 0.05) is 0 Å². The molecule has 0 atom stereocenters. The zero-order chi connectivity index (χ0) is 20.2. The summed E-state index contributed by atoms with van der Waals surface area (Å²) < 4.78 is 0. The first kappa shape index (κ1) is 34.5. The molecule has 0 aliphatic rings. The van der Waals surface area contributed by atoms with Crippen molar-refractivity contribution in [2.24, 2.45) is 0 Å². The zero-order valence-corrected chi connectivity index (χ0v) is 17.6. The third kappa shape index (κ3) is 28.9. The van der Waals surface area contributed by atoms with Crippen molar-refractivity contribution >= 4 is 71.1 Å². The van der Waals surface area contributed by atoms with Crippen molar-refractivity contribution in [3.05, 3.63) is 0 Å². The van der Waals surface area contributed by atoms with E-state index in [-0.39, 0.29) is 72.2 Å². The van der Waals surface area contributed by atoms with Crippen LogP contribution in [0.3, 0.4) is 0 Å². The van der Waals surface area contributed by atoms with Gasteiger partial charge in [-0.15, -0.1) is 0 Å². The van der Waals surface area contributed by atoms with Crippen LogP contribution in [0.5, 0.6) is 0 Å². The van der Waals surface area contributed by atoms with Crippen molar-refractivity contribution in [2.45, 2.75) is 110 Å². The zero-order valence-electron chi connectivity index (χ0n) is 17.6. The molecule has 5 nitrogen and oxygen atoms in total. The van der Waals surface area contributed by atoms with E-state index in [1.807, 2.05) is 0 Å². The Labute approximate surface area is 223 Å². The van der Waals surface area contributed by atoms with Gasteiger partial charge in [0.05, 0.1) is 13.1 Å². The fraction of sp³-hybridized carbons (Fsp3) is 0.909. The summed E-state index contributed by atoms with van der Waals surface area (Å²) in [7, 11) is 0. The number of rotatable bonds is 21. The molecule has 0 rings (SSSR count). The maximum atomic E-state index is 10.7. The van der Waals surface area contributed by atoms with Crippen LogP contribution in [0.2, 0.25) is 0 Å². The van der Waals surface area contributed by atoms with E-state index >= 15 is 0 Å². The van der Waals surface area contributed by atoms with Crippen molar-refractivity contribution in [3.63, 3.8) is 0 Å². The predicted molar refractivity (Wildman–Crippen MR) is 126 cm³/mol. The average molecular weight is 434 g/mol. The van der Waals surface area contributed by atoms with Gasteiger partial charge in [-0.05, 0) is 13.0 Å². The van der Waals surface area contributed by atoms with Crippen LogP contribution in [0.25, 0.3) is 0 Å². The Kier molecular flexibility index (Phi) is 32.1. The van der Waals surface area contributed by atoms with Crippen LogP contribution in [0.15, 0.2) is 0 Å². The summed E-state index contributed by atoms with van der Waals surface area (Å²) in [6, 6.07) is 0. The predicted octanol–water partition coefficient (Wildman–Crippen LogP) is 4.42. The van der Waals surface area contributed by atoms with E-state index < -0.39 is 11.9 Å². The minimum absolute atomic E-state index is 0. The van der Waals surface area contributed by atoms with Gasteiger partial charge in [-0.1, -0.05) is 103 Å². The SMILES string of the molecule is CCCCCCCCCCCCCCCCCCN(CC(=O)O)CC(=O)O.[NaH].[NaH]. The summed E-state index contributed by atoms with van der Waals surface area (Å²) in [6.45, 7) is 2.44. The van der Waals surface area contributed by atoms with Gasteiger partial charge >= 0.3 is 71.1 Å². The van der Waals surface area contributed by atoms with Gasteiger partial charge in [0.15, 0.2) is 0 Å². The normalized spacial score (nSPS) is 10.4. The van der Waals surface area contributed by atoms with Crippen molar-refractivity contribution in [3.8, 4) is 0 Å².